The van der Waals surface area contributed by atoms with E-state index in [9.17, 15) is 31.2 Å². The largest absolute Gasteiger partial charge is 0.434 e. The number of rotatable bonds is 5. The Hall–Kier alpha value is -4.30. The number of anilines is 2. The second-order valence-corrected chi connectivity index (χ2v) is 6.72. The van der Waals surface area contributed by atoms with E-state index in [4.69, 9.17) is 0 Å². The van der Waals surface area contributed by atoms with Crippen LogP contribution in [0.2, 0.25) is 0 Å². The van der Waals surface area contributed by atoms with Gasteiger partial charge in [-0.2, -0.15) is 31.2 Å². The van der Waals surface area contributed by atoms with Crippen molar-refractivity contribution in [1.29, 1.82) is 0 Å². The summed E-state index contributed by atoms with van der Waals surface area (Å²) in [5.41, 5.74) is -2.80. The van der Waals surface area contributed by atoms with E-state index in [1.165, 1.54) is 12.3 Å². The molecule has 4 rings (SSSR count). The molecule has 0 aliphatic carbocycles. The van der Waals surface area contributed by atoms with Gasteiger partial charge in [-0.1, -0.05) is 5.18 Å². The fourth-order valence-corrected chi connectivity index (χ4v) is 2.90. The van der Waals surface area contributed by atoms with Crippen LogP contribution < -0.4 is 5.32 Å². The van der Waals surface area contributed by atoms with Gasteiger partial charge in [-0.05, 0) is 17.7 Å². The summed E-state index contributed by atoms with van der Waals surface area (Å²) in [5.74, 6) is -0.0354. The highest BCUT2D eigenvalue weighted by molar-refractivity contribution is 5.87. The van der Waals surface area contributed by atoms with E-state index in [1.807, 2.05) is 0 Å². The van der Waals surface area contributed by atoms with Gasteiger partial charge in [0.25, 0.3) is 0 Å². The molecule has 1 N–H and O–H groups in total. The summed E-state index contributed by atoms with van der Waals surface area (Å²) in [4.78, 5) is 33.3. The molecule has 34 heavy (non-hydrogen) atoms. The maximum absolute atomic E-state index is 13.6. The van der Waals surface area contributed by atoms with Crippen LogP contribution in [-0.4, -0.2) is 29.9 Å². The zero-order valence-electron chi connectivity index (χ0n) is 16.6. The van der Waals surface area contributed by atoms with E-state index in [2.05, 4.69) is 40.4 Å². The number of alkyl halides is 6. The van der Waals surface area contributed by atoms with E-state index >= 15 is 0 Å². The Morgan fingerprint density at radius 3 is 2.32 bits per heavy atom. The minimum absolute atomic E-state index is 0.0258. The van der Waals surface area contributed by atoms with Crippen molar-refractivity contribution in [3.05, 3.63) is 64.8 Å². The molecule has 0 bridgehead atoms. The molecule has 174 valence electrons. The number of hydrogen-bond donors (Lipinski definition) is 1. The van der Waals surface area contributed by atoms with Crippen LogP contribution in [0, 0.1) is 4.91 Å². The van der Waals surface area contributed by atoms with Gasteiger partial charge < -0.3 is 5.32 Å². The molecule has 0 saturated carbocycles. The second-order valence-electron chi connectivity index (χ2n) is 6.72. The van der Waals surface area contributed by atoms with Crippen LogP contribution in [0.4, 0.5) is 37.8 Å². The highest BCUT2D eigenvalue weighted by atomic mass is 19.4. The first-order valence-corrected chi connectivity index (χ1v) is 9.20. The van der Waals surface area contributed by atoms with Gasteiger partial charge in [0.2, 0.25) is 0 Å². The van der Waals surface area contributed by atoms with Crippen molar-refractivity contribution in [3.63, 3.8) is 0 Å². The van der Waals surface area contributed by atoms with Gasteiger partial charge in [0.15, 0.2) is 11.3 Å². The third kappa shape index (κ3) is 4.72. The summed E-state index contributed by atoms with van der Waals surface area (Å²) >= 11 is 0. The van der Waals surface area contributed by atoms with Crippen molar-refractivity contribution < 1.29 is 26.3 Å². The summed E-state index contributed by atoms with van der Waals surface area (Å²) in [6, 6.07) is 2.18. The minimum Gasteiger partial charge on any atom is -0.337 e. The van der Waals surface area contributed by atoms with Crippen LogP contribution in [0.25, 0.3) is 22.6 Å². The van der Waals surface area contributed by atoms with Crippen molar-refractivity contribution in [3.8, 4) is 11.4 Å². The lowest BCUT2D eigenvalue weighted by Gasteiger charge is -2.13. The Labute approximate surface area is 185 Å². The first-order valence-electron chi connectivity index (χ1n) is 9.20. The zero-order chi connectivity index (χ0) is 24.5. The lowest BCUT2D eigenvalue weighted by Crippen LogP contribution is -2.10. The number of nitroso groups, excluding NO2 is 1. The predicted octanol–water partition coefficient (Wildman–Crippen LogP) is 4.92. The van der Waals surface area contributed by atoms with E-state index < -0.39 is 35.8 Å². The van der Waals surface area contributed by atoms with Crippen LogP contribution in [0.1, 0.15) is 16.8 Å². The molecular weight excluding hydrogens is 470 g/mol. The molecule has 0 fully saturated rings. The number of aromatic nitrogens is 6. The number of fused-ring (bicyclic) bond motifs is 1. The van der Waals surface area contributed by atoms with Crippen LogP contribution in [0.5, 0.6) is 0 Å². The topological polar surface area (TPSA) is 119 Å². The molecule has 0 atom stereocenters. The second kappa shape index (κ2) is 8.57. The molecule has 0 aliphatic rings. The monoisotopic (exact) mass is 480 g/mol. The fourth-order valence-electron chi connectivity index (χ4n) is 2.90. The molecule has 0 spiro atoms. The molecule has 0 amide bonds. The van der Waals surface area contributed by atoms with E-state index in [1.54, 1.807) is 0 Å². The number of hydrogen-bond acceptors (Lipinski definition) is 9. The molecule has 4 aromatic rings. The van der Waals surface area contributed by atoms with Gasteiger partial charge >= 0.3 is 12.4 Å². The first kappa shape index (κ1) is 22.9. The van der Waals surface area contributed by atoms with Crippen LogP contribution in [0.3, 0.4) is 0 Å². The van der Waals surface area contributed by atoms with Crippen molar-refractivity contribution in [2.45, 2.75) is 18.9 Å². The number of nitrogens with one attached hydrogen (secondary N) is 1. The SMILES string of the molecule is O=NCc1cnc(-c2cnc3c(Nc4cnc(C(F)(F)F)cn4)ccnc3n2)c(C(F)(F)F)c1. The molecule has 4 aromatic heterocycles. The Bertz CT molecular complexity index is 1360. The van der Waals surface area contributed by atoms with Gasteiger partial charge in [0.05, 0.1) is 29.8 Å². The van der Waals surface area contributed by atoms with Gasteiger partial charge in [-0.25, -0.2) is 24.9 Å². The van der Waals surface area contributed by atoms with Gasteiger partial charge in [-0.3, -0.25) is 4.98 Å². The maximum Gasteiger partial charge on any atom is 0.434 e. The van der Waals surface area contributed by atoms with E-state index in [0.717, 1.165) is 24.7 Å². The molecule has 9 nitrogen and oxygen atoms in total. The number of halogens is 6. The van der Waals surface area contributed by atoms with Gasteiger partial charge in [-0.15, -0.1) is 0 Å². The molecule has 0 aromatic carbocycles. The van der Waals surface area contributed by atoms with E-state index in [-0.39, 0.29) is 33.9 Å². The van der Waals surface area contributed by atoms with Crippen molar-refractivity contribution >= 4 is 22.7 Å². The molecular formula is C19H10F6N8O. The fraction of sp³-hybridized carbons (Fsp3) is 0.158. The Kier molecular flexibility index (Phi) is 5.76. The number of nitrogens with zero attached hydrogens (tertiary/aromatic N) is 7. The van der Waals surface area contributed by atoms with Crippen LogP contribution in [0.15, 0.2) is 48.3 Å². The van der Waals surface area contributed by atoms with Crippen LogP contribution >= 0.6 is 0 Å². The molecule has 0 saturated heterocycles. The van der Waals surface area contributed by atoms with E-state index in [0.29, 0.717) is 6.20 Å². The average Bonchev–Trinajstić information content (AvgIpc) is 2.78. The Morgan fingerprint density at radius 1 is 0.882 bits per heavy atom. The minimum atomic E-state index is -4.80. The summed E-state index contributed by atoms with van der Waals surface area (Å²) < 4.78 is 78.7. The predicted molar refractivity (Wildman–Crippen MR) is 105 cm³/mol. The summed E-state index contributed by atoms with van der Waals surface area (Å²) in [7, 11) is 0. The standard InChI is InChI=1S/C19H10F6N8O/c20-18(21,22)10-3-9(5-31-34)4-29-15(10)12-6-30-16-11(1-2-26-17(16)33-12)32-14-8-27-13(7-28-14)19(23,24)25/h1-4,6-8H,5H2,(H,26,28,32,33). The Balaban J connectivity index is 1.71. The highest BCUT2D eigenvalue weighted by Crippen LogP contribution is 2.36. The van der Waals surface area contributed by atoms with Crippen molar-refractivity contribution in [1.82, 2.24) is 29.9 Å². The highest BCUT2D eigenvalue weighted by Gasteiger charge is 2.36. The summed E-state index contributed by atoms with van der Waals surface area (Å²) in [6.07, 6.45) is -4.64. The smallest absolute Gasteiger partial charge is 0.337 e. The van der Waals surface area contributed by atoms with Gasteiger partial charge in [0.1, 0.15) is 29.3 Å². The molecule has 0 unspecified atom stereocenters. The summed E-state index contributed by atoms with van der Waals surface area (Å²) in [5, 5.41) is 5.29. The third-order valence-corrected chi connectivity index (χ3v) is 4.39. The molecule has 15 heteroatoms. The quantitative estimate of drug-likeness (QED) is 0.316. The molecule has 0 aliphatic heterocycles. The van der Waals surface area contributed by atoms with Crippen molar-refractivity contribution in [2.75, 3.05) is 5.32 Å². The lowest BCUT2D eigenvalue weighted by atomic mass is 10.1. The lowest BCUT2D eigenvalue weighted by molar-refractivity contribution is -0.141. The zero-order valence-corrected chi connectivity index (χ0v) is 16.6. The third-order valence-electron chi connectivity index (χ3n) is 4.39. The first-order chi connectivity index (χ1) is 16.1. The average molecular weight is 480 g/mol. The maximum atomic E-state index is 13.6. The number of pyridine rings is 2. The van der Waals surface area contributed by atoms with Crippen molar-refractivity contribution in [2.24, 2.45) is 5.18 Å². The van der Waals surface area contributed by atoms with Crippen LogP contribution in [-0.2, 0) is 18.9 Å². The van der Waals surface area contributed by atoms with Gasteiger partial charge in [0, 0.05) is 12.4 Å². The summed E-state index contributed by atoms with van der Waals surface area (Å²) in [6.45, 7) is -0.483. The molecule has 0 radical (unpaired) electrons. The normalized spacial score (nSPS) is 12.1. The Morgan fingerprint density at radius 2 is 1.68 bits per heavy atom. The molecule has 4 heterocycles.